The second-order valence-electron chi connectivity index (χ2n) is 6.32. The van der Waals surface area contributed by atoms with Crippen LogP contribution in [0.25, 0.3) is 11.4 Å². The summed E-state index contributed by atoms with van der Waals surface area (Å²) in [5.74, 6) is 2.34. The molecule has 0 spiro atoms. The molecule has 2 heterocycles. The molecule has 0 saturated heterocycles. The number of benzene rings is 1. The summed E-state index contributed by atoms with van der Waals surface area (Å²) in [6.45, 7) is 7.44. The molecule has 24 heavy (non-hydrogen) atoms. The second kappa shape index (κ2) is 7.62. The Bertz CT molecular complexity index is 779. The lowest BCUT2D eigenvalue weighted by molar-refractivity contribution is 0.498. The molecule has 0 aliphatic carbocycles. The highest BCUT2D eigenvalue weighted by atomic mass is 32.2. The summed E-state index contributed by atoms with van der Waals surface area (Å²) in [7, 11) is 0. The van der Waals surface area contributed by atoms with E-state index in [1.165, 1.54) is 11.1 Å². The fraction of sp³-hybridized carbons (Fsp3) is 0.316. The van der Waals surface area contributed by atoms with Crippen molar-refractivity contribution in [1.82, 2.24) is 19.7 Å². The molecule has 0 bridgehead atoms. The first-order chi connectivity index (χ1) is 11.6. The Labute approximate surface area is 147 Å². The molecule has 0 atom stereocenters. The second-order valence-corrected chi connectivity index (χ2v) is 7.26. The van der Waals surface area contributed by atoms with Crippen molar-refractivity contribution in [3.8, 4) is 11.4 Å². The quantitative estimate of drug-likeness (QED) is 0.616. The van der Waals surface area contributed by atoms with Crippen LogP contribution in [-0.4, -0.2) is 19.7 Å². The highest BCUT2D eigenvalue weighted by Gasteiger charge is 2.15. The number of pyridine rings is 1. The predicted molar refractivity (Wildman–Crippen MR) is 98.8 cm³/mol. The van der Waals surface area contributed by atoms with Crippen LogP contribution in [0.4, 0.5) is 0 Å². The molecular formula is C19H22N4S. The largest absolute Gasteiger partial charge is 0.302 e. The van der Waals surface area contributed by atoms with Crippen LogP contribution in [0.15, 0.2) is 53.9 Å². The Morgan fingerprint density at radius 2 is 1.71 bits per heavy atom. The number of thioether (sulfide) groups is 1. The van der Waals surface area contributed by atoms with Gasteiger partial charge in [0.2, 0.25) is 0 Å². The first-order valence-electron chi connectivity index (χ1n) is 8.15. The third-order valence-corrected chi connectivity index (χ3v) is 4.73. The normalized spacial score (nSPS) is 11.2. The summed E-state index contributed by atoms with van der Waals surface area (Å²) in [5.41, 5.74) is 3.64. The molecule has 0 aliphatic rings. The van der Waals surface area contributed by atoms with E-state index >= 15 is 0 Å². The van der Waals surface area contributed by atoms with E-state index in [1.807, 2.05) is 12.1 Å². The molecule has 2 aromatic heterocycles. The van der Waals surface area contributed by atoms with Crippen LogP contribution >= 0.6 is 11.8 Å². The molecule has 0 N–H and O–H groups in total. The maximum atomic E-state index is 4.43. The SMILES string of the molecule is Cc1ccc(CSc2nnc(-c3ccncc3)n2CC(C)C)cc1. The number of hydrogen-bond acceptors (Lipinski definition) is 4. The first kappa shape index (κ1) is 16.7. The van der Waals surface area contributed by atoms with E-state index in [2.05, 4.69) is 64.8 Å². The molecular weight excluding hydrogens is 316 g/mol. The van der Waals surface area contributed by atoms with Crippen molar-refractivity contribution in [2.45, 2.75) is 38.2 Å². The summed E-state index contributed by atoms with van der Waals surface area (Å²) in [6, 6.07) is 12.6. The number of aromatic nitrogens is 4. The zero-order valence-corrected chi connectivity index (χ0v) is 15.1. The van der Waals surface area contributed by atoms with Gasteiger partial charge in [-0.15, -0.1) is 10.2 Å². The molecule has 5 heteroatoms. The van der Waals surface area contributed by atoms with Gasteiger partial charge in [-0.1, -0.05) is 55.4 Å². The van der Waals surface area contributed by atoms with Crippen LogP contribution in [0.5, 0.6) is 0 Å². The van der Waals surface area contributed by atoms with Crippen LogP contribution in [0.1, 0.15) is 25.0 Å². The molecule has 3 aromatic rings. The van der Waals surface area contributed by atoms with Gasteiger partial charge < -0.3 is 4.57 Å². The summed E-state index contributed by atoms with van der Waals surface area (Å²) in [6.07, 6.45) is 3.59. The van der Waals surface area contributed by atoms with E-state index in [-0.39, 0.29) is 0 Å². The zero-order chi connectivity index (χ0) is 16.9. The van der Waals surface area contributed by atoms with Crippen LogP contribution in [0.3, 0.4) is 0 Å². The Morgan fingerprint density at radius 1 is 1.00 bits per heavy atom. The lowest BCUT2D eigenvalue weighted by Crippen LogP contribution is -2.07. The highest BCUT2D eigenvalue weighted by Crippen LogP contribution is 2.27. The maximum Gasteiger partial charge on any atom is 0.191 e. The van der Waals surface area contributed by atoms with E-state index in [0.717, 1.165) is 28.8 Å². The van der Waals surface area contributed by atoms with Crippen molar-refractivity contribution in [2.75, 3.05) is 0 Å². The first-order valence-corrected chi connectivity index (χ1v) is 9.14. The molecule has 0 fully saturated rings. The Kier molecular flexibility index (Phi) is 5.30. The van der Waals surface area contributed by atoms with Crippen molar-refractivity contribution in [1.29, 1.82) is 0 Å². The van der Waals surface area contributed by atoms with Crippen LogP contribution in [0.2, 0.25) is 0 Å². The lowest BCUT2D eigenvalue weighted by atomic mass is 10.2. The summed E-state index contributed by atoms with van der Waals surface area (Å²) in [4.78, 5) is 4.09. The van der Waals surface area contributed by atoms with Crippen LogP contribution < -0.4 is 0 Å². The average molecular weight is 338 g/mol. The smallest absolute Gasteiger partial charge is 0.191 e. The summed E-state index contributed by atoms with van der Waals surface area (Å²) in [5, 5.41) is 9.83. The number of hydrogen-bond donors (Lipinski definition) is 0. The Morgan fingerprint density at radius 3 is 2.38 bits per heavy atom. The zero-order valence-electron chi connectivity index (χ0n) is 14.3. The predicted octanol–water partition coefficient (Wildman–Crippen LogP) is 4.60. The van der Waals surface area contributed by atoms with Gasteiger partial charge in [-0.05, 0) is 30.5 Å². The van der Waals surface area contributed by atoms with Crippen molar-refractivity contribution in [2.24, 2.45) is 5.92 Å². The summed E-state index contributed by atoms with van der Waals surface area (Å²) < 4.78 is 2.22. The van der Waals surface area contributed by atoms with Gasteiger partial charge in [-0.2, -0.15) is 0 Å². The monoisotopic (exact) mass is 338 g/mol. The standard InChI is InChI=1S/C19H22N4S/c1-14(2)12-23-18(17-8-10-20-11-9-17)21-22-19(23)24-13-16-6-4-15(3)5-7-16/h4-11,14H,12-13H2,1-3H3. The van der Waals surface area contributed by atoms with Gasteiger partial charge in [-0.25, -0.2) is 0 Å². The molecule has 0 radical (unpaired) electrons. The molecule has 4 nitrogen and oxygen atoms in total. The third kappa shape index (κ3) is 4.03. The van der Waals surface area contributed by atoms with Crippen LogP contribution in [0, 0.1) is 12.8 Å². The van der Waals surface area contributed by atoms with Gasteiger partial charge in [0.25, 0.3) is 0 Å². The number of nitrogens with zero attached hydrogens (tertiary/aromatic N) is 4. The molecule has 0 unspecified atom stereocenters. The van der Waals surface area contributed by atoms with E-state index in [1.54, 1.807) is 24.2 Å². The van der Waals surface area contributed by atoms with E-state index in [0.29, 0.717) is 5.92 Å². The number of rotatable bonds is 6. The van der Waals surface area contributed by atoms with Gasteiger partial charge in [0, 0.05) is 30.3 Å². The van der Waals surface area contributed by atoms with Gasteiger partial charge >= 0.3 is 0 Å². The third-order valence-electron chi connectivity index (χ3n) is 3.69. The maximum absolute atomic E-state index is 4.43. The van der Waals surface area contributed by atoms with E-state index in [9.17, 15) is 0 Å². The van der Waals surface area contributed by atoms with Gasteiger partial charge in [-0.3, -0.25) is 4.98 Å². The van der Waals surface area contributed by atoms with Crippen molar-refractivity contribution in [3.63, 3.8) is 0 Å². The Balaban J connectivity index is 1.84. The minimum absolute atomic E-state index is 0.528. The van der Waals surface area contributed by atoms with Gasteiger partial charge in [0.15, 0.2) is 11.0 Å². The molecule has 0 saturated carbocycles. The minimum atomic E-state index is 0.528. The van der Waals surface area contributed by atoms with E-state index in [4.69, 9.17) is 0 Å². The average Bonchev–Trinajstić information content (AvgIpc) is 2.97. The molecule has 3 rings (SSSR count). The topological polar surface area (TPSA) is 43.6 Å². The van der Waals surface area contributed by atoms with Gasteiger partial charge in [0.05, 0.1) is 0 Å². The molecule has 124 valence electrons. The molecule has 0 amide bonds. The summed E-state index contributed by atoms with van der Waals surface area (Å²) >= 11 is 1.74. The Hall–Kier alpha value is -2.14. The fourth-order valence-corrected chi connectivity index (χ4v) is 3.38. The van der Waals surface area contributed by atoms with Gasteiger partial charge in [0.1, 0.15) is 0 Å². The van der Waals surface area contributed by atoms with Crippen molar-refractivity contribution >= 4 is 11.8 Å². The molecule has 0 aliphatic heterocycles. The minimum Gasteiger partial charge on any atom is -0.302 e. The van der Waals surface area contributed by atoms with E-state index < -0.39 is 0 Å². The highest BCUT2D eigenvalue weighted by molar-refractivity contribution is 7.98. The molecule has 1 aromatic carbocycles. The number of aryl methyl sites for hydroxylation is 1. The van der Waals surface area contributed by atoms with Crippen molar-refractivity contribution < 1.29 is 0 Å². The van der Waals surface area contributed by atoms with Crippen LogP contribution in [-0.2, 0) is 12.3 Å². The lowest BCUT2D eigenvalue weighted by Gasteiger charge is -2.12. The fourth-order valence-electron chi connectivity index (χ4n) is 2.47. The van der Waals surface area contributed by atoms with Crippen molar-refractivity contribution in [3.05, 3.63) is 59.9 Å².